The maximum Gasteiger partial charge on any atom is 0.220 e. The molecule has 2 heteroatoms. The normalized spacial score (nSPS) is 32.2. The smallest absolute Gasteiger partial charge is 0.220 e. The fourth-order valence-corrected chi connectivity index (χ4v) is 2.84. The highest BCUT2D eigenvalue weighted by Gasteiger charge is 2.36. The number of allylic oxidation sites excluding steroid dienone is 2. The second kappa shape index (κ2) is 4.82. The Balaban J connectivity index is 1.69. The Hall–Kier alpha value is -0.790. The van der Waals surface area contributed by atoms with Crippen molar-refractivity contribution in [2.24, 2.45) is 17.8 Å². The maximum atomic E-state index is 11.6. The molecule has 0 aromatic rings. The van der Waals surface area contributed by atoms with Gasteiger partial charge in [0.1, 0.15) is 0 Å². The van der Waals surface area contributed by atoms with Crippen LogP contribution in [0.2, 0.25) is 0 Å². The minimum Gasteiger partial charge on any atom is -0.356 e. The molecular formula is C13H21NO. The Morgan fingerprint density at radius 3 is 2.87 bits per heavy atom. The molecule has 2 aliphatic rings. The molecule has 3 unspecified atom stereocenters. The number of amides is 1. The van der Waals surface area contributed by atoms with E-state index < -0.39 is 0 Å². The van der Waals surface area contributed by atoms with Crippen LogP contribution in [-0.4, -0.2) is 12.5 Å². The molecule has 0 aromatic carbocycles. The van der Waals surface area contributed by atoms with E-state index in [2.05, 4.69) is 24.4 Å². The van der Waals surface area contributed by atoms with Gasteiger partial charge in [0, 0.05) is 13.0 Å². The first-order chi connectivity index (χ1) is 7.29. The van der Waals surface area contributed by atoms with Gasteiger partial charge in [-0.25, -0.2) is 0 Å². The number of carbonyl (C=O) groups is 1. The second-order valence-electron chi connectivity index (χ2n) is 4.95. The van der Waals surface area contributed by atoms with E-state index in [9.17, 15) is 4.79 Å². The largest absolute Gasteiger partial charge is 0.356 e. The molecule has 0 spiro atoms. The summed E-state index contributed by atoms with van der Waals surface area (Å²) in [5.74, 6) is 2.37. The molecule has 84 valence electrons. The van der Waals surface area contributed by atoms with Gasteiger partial charge in [-0.05, 0) is 37.0 Å². The molecule has 0 aromatic heterocycles. The van der Waals surface area contributed by atoms with Crippen molar-refractivity contribution in [1.82, 2.24) is 5.32 Å². The average molecular weight is 207 g/mol. The zero-order valence-corrected chi connectivity index (χ0v) is 9.54. The Kier molecular flexibility index (Phi) is 3.45. The first kappa shape index (κ1) is 10.7. The predicted molar refractivity (Wildman–Crippen MR) is 61.4 cm³/mol. The lowest BCUT2D eigenvalue weighted by molar-refractivity contribution is -0.122. The van der Waals surface area contributed by atoms with E-state index >= 15 is 0 Å². The summed E-state index contributed by atoms with van der Waals surface area (Å²) in [6.45, 7) is 3.00. The Labute approximate surface area is 92.1 Å². The van der Waals surface area contributed by atoms with Crippen molar-refractivity contribution in [3.63, 3.8) is 0 Å². The number of hydrogen-bond acceptors (Lipinski definition) is 1. The van der Waals surface area contributed by atoms with Gasteiger partial charge >= 0.3 is 0 Å². The summed E-state index contributed by atoms with van der Waals surface area (Å²) in [5.41, 5.74) is 0. The van der Waals surface area contributed by atoms with Gasteiger partial charge in [-0.3, -0.25) is 4.79 Å². The van der Waals surface area contributed by atoms with Gasteiger partial charge < -0.3 is 5.32 Å². The lowest BCUT2D eigenvalue weighted by Crippen LogP contribution is -2.27. The fourth-order valence-electron chi connectivity index (χ4n) is 2.84. The van der Waals surface area contributed by atoms with E-state index in [0.717, 1.165) is 31.7 Å². The molecule has 0 radical (unpaired) electrons. The molecule has 2 rings (SSSR count). The quantitative estimate of drug-likeness (QED) is 0.544. The number of rotatable bonds is 5. The third kappa shape index (κ3) is 2.61. The molecule has 2 bridgehead atoms. The SMILES string of the molecule is CCCCNC(=O)CC1CC2C=CC1C2. The van der Waals surface area contributed by atoms with Crippen LogP contribution >= 0.6 is 0 Å². The second-order valence-corrected chi connectivity index (χ2v) is 4.95. The van der Waals surface area contributed by atoms with Crippen molar-refractivity contribution in [2.45, 2.75) is 39.0 Å². The van der Waals surface area contributed by atoms with Gasteiger partial charge in [0.15, 0.2) is 0 Å². The molecule has 0 aliphatic heterocycles. The monoisotopic (exact) mass is 207 g/mol. The summed E-state index contributed by atoms with van der Waals surface area (Å²) >= 11 is 0. The zero-order chi connectivity index (χ0) is 10.7. The number of hydrogen-bond donors (Lipinski definition) is 1. The van der Waals surface area contributed by atoms with Gasteiger partial charge in [0.2, 0.25) is 5.91 Å². The Morgan fingerprint density at radius 1 is 1.40 bits per heavy atom. The highest BCUT2D eigenvalue weighted by molar-refractivity contribution is 5.76. The van der Waals surface area contributed by atoms with Gasteiger partial charge in [-0.15, -0.1) is 0 Å². The van der Waals surface area contributed by atoms with Crippen molar-refractivity contribution in [3.05, 3.63) is 12.2 Å². The molecule has 1 N–H and O–H groups in total. The van der Waals surface area contributed by atoms with Crippen LogP contribution in [0, 0.1) is 17.8 Å². The summed E-state index contributed by atoms with van der Waals surface area (Å²) in [7, 11) is 0. The van der Waals surface area contributed by atoms with Gasteiger partial charge in [-0.2, -0.15) is 0 Å². The van der Waals surface area contributed by atoms with Crippen molar-refractivity contribution >= 4 is 5.91 Å². The molecule has 1 saturated carbocycles. The summed E-state index contributed by atoms with van der Waals surface area (Å²) < 4.78 is 0. The highest BCUT2D eigenvalue weighted by atomic mass is 16.1. The van der Waals surface area contributed by atoms with Gasteiger partial charge in [0.25, 0.3) is 0 Å². The van der Waals surface area contributed by atoms with Crippen molar-refractivity contribution in [1.29, 1.82) is 0 Å². The summed E-state index contributed by atoms with van der Waals surface area (Å²) in [6.07, 6.45) is 10.2. The van der Waals surface area contributed by atoms with E-state index in [1.54, 1.807) is 0 Å². The van der Waals surface area contributed by atoms with E-state index in [0.29, 0.717) is 11.8 Å². The minimum absolute atomic E-state index is 0.259. The molecule has 1 fully saturated rings. The third-order valence-corrected chi connectivity index (χ3v) is 3.72. The van der Waals surface area contributed by atoms with Gasteiger partial charge in [0.05, 0.1) is 0 Å². The molecule has 0 saturated heterocycles. The van der Waals surface area contributed by atoms with E-state index in [-0.39, 0.29) is 5.91 Å². The predicted octanol–water partition coefficient (Wildman–Crippen LogP) is 2.51. The van der Waals surface area contributed by atoms with Crippen LogP contribution < -0.4 is 5.32 Å². The maximum absolute atomic E-state index is 11.6. The molecule has 0 heterocycles. The first-order valence-corrected chi connectivity index (χ1v) is 6.24. The molecule has 3 atom stereocenters. The molecule has 2 aliphatic carbocycles. The van der Waals surface area contributed by atoms with Crippen molar-refractivity contribution < 1.29 is 4.79 Å². The lowest BCUT2D eigenvalue weighted by Gasteiger charge is -2.17. The number of carbonyl (C=O) groups excluding carboxylic acids is 1. The standard InChI is InChI=1S/C13H21NO/c1-2-3-6-14-13(15)9-12-8-10-4-5-11(12)7-10/h4-5,10-12H,2-3,6-9H2,1H3,(H,14,15). The number of nitrogens with one attached hydrogen (secondary N) is 1. The third-order valence-electron chi connectivity index (χ3n) is 3.72. The van der Waals surface area contributed by atoms with E-state index in [1.807, 2.05) is 0 Å². The lowest BCUT2D eigenvalue weighted by atomic mass is 9.90. The fraction of sp³-hybridized carbons (Fsp3) is 0.769. The van der Waals surface area contributed by atoms with Crippen molar-refractivity contribution in [3.8, 4) is 0 Å². The average Bonchev–Trinajstić information content (AvgIpc) is 2.79. The molecule has 2 nitrogen and oxygen atoms in total. The van der Waals surface area contributed by atoms with E-state index in [1.165, 1.54) is 12.8 Å². The highest BCUT2D eigenvalue weighted by Crippen LogP contribution is 2.44. The van der Waals surface area contributed by atoms with Crippen LogP contribution in [-0.2, 0) is 4.79 Å². The molecular weight excluding hydrogens is 186 g/mol. The Bertz CT molecular complexity index is 259. The van der Waals surface area contributed by atoms with Crippen LogP contribution in [0.1, 0.15) is 39.0 Å². The summed E-state index contributed by atoms with van der Waals surface area (Å²) in [4.78, 5) is 11.6. The zero-order valence-electron chi connectivity index (χ0n) is 9.54. The van der Waals surface area contributed by atoms with Crippen molar-refractivity contribution in [2.75, 3.05) is 6.54 Å². The van der Waals surface area contributed by atoms with E-state index in [4.69, 9.17) is 0 Å². The Morgan fingerprint density at radius 2 is 2.27 bits per heavy atom. The topological polar surface area (TPSA) is 29.1 Å². The summed E-state index contributed by atoms with van der Waals surface area (Å²) in [6, 6.07) is 0. The van der Waals surface area contributed by atoms with Crippen LogP contribution in [0.3, 0.4) is 0 Å². The first-order valence-electron chi connectivity index (χ1n) is 6.24. The van der Waals surface area contributed by atoms with Crippen LogP contribution in [0.4, 0.5) is 0 Å². The van der Waals surface area contributed by atoms with Crippen LogP contribution in [0.15, 0.2) is 12.2 Å². The van der Waals surface area contributed by atoms with Gasteiger partial charge in [-0.1, -0.05) is 25.5 Å². The summed E-state index contributed by atoms with van der Waals surface area (Å²) in [5, 5.41) is 3.01. The minimum atomic E-state index is 0.259. The number of fused-ring (bicyclic) bond motifs is 2. The number of unbranched alkanes of at least 4 members (excludes halogenated alkanes) is 1. The van der Waals surface area contributed by atoms with Crippen LogP contribution in [0.5, 0.6) is 0 Å². The molecule has 1 amide bonds. The van der Waals surface area contributed by atoms with Crippen LogP contribution in [0.25, 0.3) is 0 Å². The molecule has 15 heavy (non-hydrogen) atoms.